The summed E-state index contributed by atoms with van der Waals surface area (Å²) in [4.78, 5) is 28.4. The van der Waals surface area contributed by atoms with Crippen molar-refractivity contribution in [2.24, 2.45) is 11.8 Å². The van der Waals surface area contributed by atoms with Gasteiger partial charge in [0.2, 0.25) is 5.91 Å². The van der Waals surface area contributed by atoms with E-state index in [-0.39, 0.29) is 30.4 Å². The van der Waals surface area contributed by atoms with Gasteiger partial charge < -0.3 is 14.8 Å². The fraction of sp³-hybridized carbons (Fsp3) is 0.440. The summed E-state index contributed by atoms with van der Waals surface area (Å²) >= 11 is 0. The average Bonchev–Trinajstić information content (AvgIpc) is 2.78. The predicted octanol–water partition coefficient (Wildman–Crippen LogP) is 3.25. The van der Waals surface area contributed by atoms with Gasteiger partial charge in [0.25, 0.3) is 0 Å². The lowest BCUT2D eigenvalue weighted by Gasteiger charge is -2.58. The average molecular weight is 421 g/mol. The molecule has 31 heavy (non-hydrogen) atoms. The first kappa shape index (κ1) is 20.1. The molecule has 4 unspecified atom stereocenters. The van der Waals surface area contributed by atoms with Crippen LogP contribution in [0.5, 0.6) is 5.75 Å². The van der Waals surface area contributed by atoms with E-state index in [1.54, 1.807) is 6.92 Å². The molecule has 162 valence electrons. The molecule has 2 aromatic rings. The van der Waals surface area contributed by atoms with Crippen molar-refractivity contribution in [2.75, 3.05) is 19.7 Å². The van der Waals surface area contributed by atoms with Crippen molar-refractivity contribution in [3.05, 3.63) is 65.7 Å². The minimum atomic E-state index is -0.866. The third-order valence-electron chi connectivity index (χ3n) is 7.15. The maximum absolute atomic E-state index is 13.1. The molecule has 2 saturated heterocycles. The Morgan fingerprint density at radius 2 is 1.97 bits per heavy atom. The molecule has 5 atom stereocenters. The van der Waals surface area contributed by atoms with Crippen LogP contribution in [0.3, 0.4) is 0 Å². The largest absolute Gasteiger partial charge is 0.467 e. The monoisotopic (exact) mass is 420 g/mol. The standard InChI is InChI=1S/C25H28N2O4/c1-3-30-24(29)22-21-18-11-7-8-12-20(18)31-25(26-23(22)28)13-14-27(15-19(21)25)16(2)17-9-5-4-6-10-17/h4-12,16,19,21-22H,3,13-15H2,1-2H3,(H,26,28)/t16-,19?,21?,22?,25?/m0/s1. The summed E-state index contributed by atoms with van der Waals surface area (Å²) in [5.41, 5.74) is 1.39. The zero-order valence-electron chi connectivity index (χ0n) is 17.9. The molecular formula is C25H28N2O4. The van der Waals surface area contributed by atoms with Crippen LogP contribution in [0, 0.1) is 11.8 Å². The van der Waals surface area contributed by atoms with E-state index in [0.29, 0.717) is 6.42 Å². The lowest BCUT2D eigenvalue weighted by molar-refractivity contribution is -0.176. The summed E-state index contributed by atoms with van der Waals surface area (Å²) in [7, 11) is 0. The van der Waals surface area contributed by atoms with Gasteiger partial charge >= 0.3 is 5.97 Å². The van der Waals surface area contributed by atoms with E-state index in [2.05, 4.69) is 41.4 Å². The molecular weight excluding hydrogens is 392 g/mol. The summed E-state index contributed by atoms with van der Waals surface area (Å²) in [5, 5.41) is 3.10. The number of nitrogens with one attached hydrogen (secondary N) is 1. The number of benzene rings is 2. The molecule has 2 fully saturated rings. The van der Waals surface area contributed by atoms with Gasteiger partial charge in [-0.2, -0.15) is 0 Å². The number of para-hydroxylation sites is 1. The quantitative estimate of drug-likeness (QED) is 0.608. The smallest absolute Gasteiger partial charge is 0.319 e. The van der Waals surface area contributed by atoms with Gasteiger partial charge in [-0.3, -0.25) is 14.5 Å². The highest BCUT2D eigenvalue weighted by Gasteiger charge is 2.62. The van der Waals surface area contributed by atoms with Crippen LogP contribution < -0.4 is 10.1 Å². The van der Waals surface area contributed by atoms with Gasteiger partial charge in [0, 0.05) is 37.4 Å². The van der Waals surface area contributed by atoms with Crippen LogP contribution in [0.15, 0.2) is 54.6 Å². The molecule has 1 amide bonds. The molecule has 0 radical (unpaired) electrons. The number of hydrogen-bond donors (Lipinski definition) is 1. The lowest BCUT2D eigenvalue weighted by atomic mass is 9.64. The minimum Gasteiger partial charge on any atom is -0.467 e. The number of likely N-dealkylation sites (tertiary alicyclic amines) is 1. The van der Waals surface area contributed by atoms with Gasteiger partial charge in [0.05, 0.1) is 6.61 Å². The molecule has 0 saturated carbocycles. The van der Waals surface area contributed by atoms with Crippen LogP contribution >= 0.6 is 0 Å². The van der Waals surface area contributed by atoms with E-state index >= 15 is 0 Å². The SMILES string of the molecule is CCOC(=O)C1C(=O)NC23CCN([C@@H](C)c4ccccc4)CC2C1c1ccccc1O3. The number of hydrogen-bond acceptors (Lipinski definition) is 5. The first-order valence-electron chi connectivity index (χ1n) is 11.1. The Labute approximate surface area is 182 Å². The number of amides is 1. The molecule has 1 N–H and O–H groups in total. The van der Waals surface area contributed by atoms with Crippen molar-refractivity contribution in [3.63, 3.8) is 0 Å². The Hall–Kier alpha value is -2.86. The molecule has 2 aromatic carbocycles. The number of esters is 1. The van der Waals surface area contributed by atoms with E-state index < -0.39 is 17.6 Å². The second-order valence-electron chi connectivity index (χ2n) is 8.71. The Morgan fingerprint density at radius 3 is 2.74 bits per heavy atom. The lowest BCUT2D eigenvalue weighted by Crippen LogP contribution is -2.73. The van der Waals surface area contributed by atoms with Gasteiger partial charge in [0.15, 0.2) is 5.72 Å². The number of rotatable bonds is 4. The Kier molecular flexibility index (Phi) is 4.97. The molecule has 0 aromatic heterocycles. The maximum Gasteiger partial charge on any atom is 0.319 e. The van der Waals surface area contributed by atoms with E-state index in [1.807, 2.05) is 30.3 Å². The highest BCUT2D eigenvalue weighted by atomic mass is 16.5. The van der Waals surface area contributed by atoms with Gasteiger partial charge in [-0.15, -0.1) is 0 Å². The zero-order valence-corrected chi connectivity index (χ0v) is 17.9. The maximum atomic E-state index is 13.1. The Bertz CT molecular complexity index is 994. The van der Waals surface area contributed by atoms with Gasteiger partial charge in [-0.1, -0.05) is 48.5 Å². The third-order valence-corrected chi connectivity index (χ3v) is 7.15. The van der Waals surface area contributed by atoms with Crippen molar-refractivity contribution in [3.8, 4) is 5.75 Å². The van der Waals surface area contributed by atoms with E-state index in [9.17, 15) is 9.59 Å². The number of carbonyl (C=O) groups excluding carboxylic acids is 2. The third kappa shape index (κ3) is 3.21. The molecule has 6 nitrogen and oxygen atoms in total. The summed E-state index contributed by atoms with van der Waals surface area (Å²) in [6.45, 7) is 5.75. The fourth-order valence-corrected chi connectivity index (χ4v) is 5.60. The van der Waals surface area contributed by atoms with Crippen molar-refractivity contribution in [1.82, 2.24) is 10.2 Å². The molecule has 5 rings (SSSR count). The second kappa shape index (κ2) is 7.68. The number of carbonyl (C=O) groups is 2. The molecule has 3 aliphatic rings. The van der Waals surface area contributed by atoms with Crippen LogP contribution in [0.1, 0.15) is 43.4 Å². The van der Waals surface area contributed by atoms with Crippen molar-refractivity contribution in [1.29, 1.82) is 0 Å². The summed E-state index contributed by atoms with van der Waals surface area (Å²) in [6.07, 6.45) is 0.668. The fourth-order valence-electron chi connectivity index (χ4n) is 5.60. The normalized spacial score (nSPS) is 30.3. The van der Waals surface area contributed by atoms with Gasteiger partial charge in [-0.25, -0.2) is 0 Å². The summed E-state index contributed by atoms with van der Waals surface area (Å²) in [6, 6.07) is 18.4. The van der Waals surface area contributed by atoms with Crippen molar-refractivity contribution >= 4 is 11.9 Å². The number of piperidine rings is 2. The van der Waals surface area contributed by atoms with Crippen LogP contribution in [0.4, 0.5) is 0 Å². The molecule has 3 aliphatic heterocycles. The number of fused-ring (bicyclic) bond motifs is 2. The molecule has 3 heterocycles. The second-order valence-corrected chi connectivity index (χ2v) is 8.71. The first-order chi connectivity index (χ1) is 15.0. The molecule has 2 bridgehead atoms. The molecule has 6 heteroatoms. The molecule has 0 aliphatic carbocycles. The highest BCUT2D eigenvalue weighted by Crippen LogP contribution is 2.54. The van der Waals surface area contributed by atoms with E-state index in [4.69, 9.17) is 9.47 Å². The van der Waals surface area contributed by atoms with Crippen molar-refractivity contribution in [2.45, 2.75) is 38.0 Å². The van der Waals surface area contributed by atoms with Crippen molar-refractivity contribution < 1.29 is 19.1 Å². The Morgan fingerprint density at radius 1 is 1.23 bits per heavy atom. The van der Waals surface area contributed by atoms with Crippen LogP contribution in [0.25, 0.3) is 0 Å². The first-order valence-corrected chi connectivity index (χ1v) is 11.1. The van der Waals surface area contributed by atoms with E-state index in [0.717, 1.165) is 24.4 Å². The minimum absolute atomic E-state index is 0.0468. The van der Waals surface area contributed by atoms with E-state index in [1.165, 1.54) is 5.56 Å². The van der Waals surface area contributed by atoms with Crippen LogP contribution in [0.2, 0.25) is 0 Å². The number of nitrogens with zero attached hydrogens (tertiary/aromatic N) is 1. The summed E-state index contributed by atoms with van der Waals surface area (Å²) in [5.74, 6) is -1.18. The Balaban J connectivity index is 1.54. The van der Waals surface area contributed by atoms with Gasteiger partial charge in [0.1, 0.15) is 11.7 Å². The topological polar surface area (TPSA) is 67.9 Å². The van der Waals surface area contributed by atoms with Gasteiger partial charge in [-0.05, 0) is 31.0 Å². The zero-order chi connectivity index (χ0) is 21.6. The highest BCUT2D eigenvalue weighted by molar-refractivity contribution is 6.00. The van der Waals surface area contributed by atoms with Crippen LogP contribution in [-0.4, -0.2) is 42.2 Å². The summed E-state index contributed by atoms with van der Waals surface area (Å²) < 4.78 is 11.8. The predicted molar refractivity (Wildman–Crippen MR) is 115 cm³/mol. The number of ether oxygens (including phenoxy) is 2. The molecule has 0 spiro atoms. The van der Waals surface area contributed by atoms with Crippen LogP contribution in [-0.2, 0) is 14.3 Å².